The third-order valence-corrected chi connectivity index (χ3v) is 4.70. The molecule has 0 unspecified atom stereocenters. The summed E-state index contributed by atoms with van der Waals surface area (Å²) in [5.74, 6) is -0.174. The van der Waals surface area contributed by atoms with Crippen LogP contribution in [0.2, 0.25) is 0 Å². The molecule has 1 fully saturated rings. The molecule has 0 bridgehead atoms. The van der Waals surface area contributed by atoms with Crippen molar-refractivity contribution in [1.29, 1.82) is 0 Å². The monoisotopic (exact) mass is 277 g/mol. The van der Waals surface area contributed by atoms with Gasteiger partial charge in [0.1, 0.15) is 5.82 Å². The highest BCUT2D eigenvalue weighted by Gasteiger charge is 2.44. The number of hydrogen-bond donors (Lipinski definition) is 1. The Labute approximate surface area is 118 Å². The second-order valence-electron chi connectivity index (χ2n) is 5.84. The Balaban J connectivity index is 1.86. The lowest BCUT2D eigenvalue weighted by atomic mass is 9.74. The Morgan fingerprint density at radius 2 is 2.05 bits per heavy atom. The number of anilines is 1. The van der Waals surface area contributed by atoms with E-state index in [1.165, 1.54) is 6.07 Å². The molecule has 0 radical (unpaired) electrons. The standard InChI is InChI=1S/C15H20FN3O/c1-17-14(20)19-7-5-15(6-8-19)10-18(2)13-4-3-11(16)9-12(13)15/h3-4,9H,5-8,10H2,1-2H3,(H,17,20). The quantitative estimate of drug-likeness (QED) is 0.786. The number of benzene rings is 1. The van der Waals surface area contributed by atoms with Crippen LogP contribution in [0.3, 0.4) is 0 Å². The predicted molar refractivity (Wildman–Crippen MR) is 76.6 cm³/mol. The summed E-state index contributed by atoms with van der Waals surface area (Å²) in [5.41, 5.74) is 2.23. The Morgan fingerprint density at radius 1 is 1.35 bits per heavy atom. The third kappa shape index (κ3) is 1.92. The molecular formula is C15H20FN3O. The fourth-order valence-electron chi connectivity index (χ4n) is 3.61. The number of nitrogens with zero attached hydrogens (tertiary/aromatic N) is 2. The maximum Gasteiger partial charge on any atom is 0.317 e. The second-order valence-corrected chi connectivity index (χ2v) is 5.84. The van der Waals surface area contributed by atoms with Crippen molar-refractivity contribution in [1.82, 2.24) is 10.2 Å². The smallest absolute Gasteiger partial charge is 0.317 e. The van der Waals surface area contributed by atoms with Crippen molar-refractivity contribution in [3.05, 3.63) is 29.6 Å². The molecule has 0 saturated carbocycles. The molecule has 2 aliphatic heterocycles. The Bertz CT molecular complexity index is 538. The average molecular weight is 277 g/mol. The number of urea groups is 1. The van der Waals surface area contributed by atoms with Crippen LogP contribution >= 0.6 is 0 Å². The van der Waals surface area contributed by atoms with Gasteiger partial charge < -0.3 is 15.1 Å². The molecule has 1 aromatic rings. The van der Waals surface area contributed by atoms with Gasteiger partial charge in [0.25, 0.3) is 0 Å². The van der Waals surface area contributed by atoms with E-state index in [0.29, 0.717) is 0 Å². The number of piperidine rings is 1. The SMILES string of the molecule is CNC(=O)N1CCC2(CC1)CN(C)c1ccc(F)cc12. The maximum atomic E-state index is 13.6. The van der Waals surface area contributed by atoms with Crippen LogP contribution in [-0.2, 0) is 5.41 Å². The lowest BCUT2D eigenvalue weighted by Crippen LogP contribution is -2.49. The van der Waals surface area contributed by atoms with Crippen molar-refractivity contribution in [3.8, 4) is 0 Å². The minimum atomic E-state index is -0.174. The minimum absolute atomic E-state index is 0.00327. The first-order chi connectivity index (χ1) is 9.55. The van der Waals surface area contributed by atoms with Gasteiger partial charge in [0.15, 0.2) is 0 Å². The van der Waals surface area contributed by atoms with E-state index in [4.69, 9.17) is 0 Å². The van der Waals surface area contributed by atoms with Crippen LogP contribution < -0.4 is 10.2 Å². The summed E-state index contributed by atoms with van der Waals surface area (Å²) in [5, 5.41) is 2.67. The van der Waals surface area contributed by atoms with Crippen LogP contribution in [0.4, 0.5) is 14.9 Å². The van der Waals surface area contributed by atoms with Crippen molar-refractivity contribution < 1.29 is 9.18 Å². The lowest BCUT2D eigenvalue weighted by Gasteiger charge is -2.39. The molecule has 4 nitrogen and oxygen atoms in total. The van der Waals surface area contributed by atoms with Gasteiger partial charge in [-0.05, 0) is 36.6 Å². The number of hydrogen-bond acceptors (Lipinski definition) is 2. The molecule has 5 heteroatoms. The van der Waals surface area contributed by atoms with Gasteiger partial charge in [-0.25, -0.2) is 9.18 Å². The van der Waals surface area contributed by atoms with Gasteiger partial charge in [-0.1, -0.05) is 0 Å². The maximum absolute atomic E-state index is 13.6. The van der Waals surface area contributed by atoms with E-state index in [2.05, 4.69) is 17.3 Å². The molecule has 0 atom stereocenters. The van der Waals surface area contributed by atoms with Crippen LogP contribution in [0.15, 0.2) is 18.2 Å². The van der Waals surface area contributed by atoms with Crippen molar-refractivity contribution in [2.45, 2.75) is 18.3 Å². The molecule has 20 heavy (non-hydrogen) atoms. The minimum Gasteiger partial charge on any atom is -0.373 e. The number of rotatable bonds is 0. The highest BCUT2D eigenvalue weighted by atomic mass is 19.1. The highest BCUT2D eigenvalue weighted by molar-refractivity contribution is 5.74. The van der Waals surface area contributed by atoms with Gasteiger partial charge in [-0.15, -0.1) is 0 Å². The topological polar surface area (TPSA) is 35.6 Å². The summed E-state index contributed by atoms with van der Waals surface area (Å²) in [7, 11) is 3.71. The van der Waals surface area contributed by atoms with Gasteiger partial charge in [-0.2, -0.15) is 0 Å². The predicted octanol–water partition coefficient (Wildman–Crippen LogP) is 1.95. The zero-order valence-electron chi connectivity index (χ0n) is 11.9. The van der Waals surface area contributed by atoms with Gasteiger partial charge >= 0.3 is 6.03 Å². The fourth-order valence-corrected chi connectivity index (χ4v) is 3.61. The van der Waals surface area contributed by atoms with Crippen molar-refractivity contribution in [3.63, 3.8) is 0 Å². The number of likely N-dealkylation sites (tertiary alicyclic amines) is 1. The molecular weight excluding hydrogens is 257 g/mol. The van der Waals surface area contributed by atoms with Gasteiger partial charge in [0.05, 0.1) is 0 Å². The number of halogens is 1. The van der Waals surface area contributed by atoms with Crippen molar-refractivity contribution >= 4 is 11.7 Å². The summed E-state index contributed by atoms with van der Waals surface area (Å²) in [6, 6.07) is 5.04. The molecule has 108 valence electrons. The van der Waals surface area contributed by atoms with E-state index in [-0.39, 0.29) is 17.3 Å². The van der Waals surface area contributed by atoms with Gasteiger partial charge in [0, 0.05) is 44.8 Å². The first-order valence-electron chi connectivity index (χ1n) is 7.03. The summed E-state index contributed by atoms with van der Waals surface area (Å²) < 4.78 is 13.6. The molecule has 1 spiro atoms. The van der Waals surface area contributed by atoms with Crippen molar-refractivity contribution in [2.24, 2.45) is 0 Å². The molecule has 1 aromatic carbocycles. The molecule has 1 N–H and O–H groups in total. The lowest BCUT2D eigenvalue weighted by molar-refractivity contribution is 0.163. The average Bonchev–Trinajstić information content (AvgIpc) is 2.71. The summed E-state index contributed by atoms with van der Waals surface area (Å²) in [6.07, 6.45) is 1.78. The number of carbonyl (C=O) groups is 1. The summed E-state index contributed by atoms with van der Waals surface area (Å²) >= 11 is 0. The van der Waals surface area contributed by atoms with Crippen LogP contribution in [0.1, 0.15) is 18.4 Å². The van der Waals surface area contributed by atoms with Crippen LogP contribution in [0.5, 0.6) is 0 Å². The van der Waals surface area contributed by atoms with Crippen LogP contribution in [0, 0.1) is 5.82 Å². The Kier molecular flexibility index (Phi) is 3.07. The molecule has 2 aliphatic rings. The van der Waals surface area contributed by atoms with Crippen LogP contribution in [0.25, 0.3) is 0 Å². The normalized spacial score (nSPS) is 20.1. The molecule has 1 saturated heterocycles. The van der Waals surface area contributed by atoms with E-state index < -0.39 is 0 Å². The van der Waals surface area contributed by atoms with E-state index >= 15 is 0 Å². The molecule has 0 aliphatic carbocycles. The Morgan fingerprint density at radius 3 is 2.70 bits per heavy atom. The molecule has 3 rings (SSSR count). The highest BCUT2D eigenvalue weighted by Crippen LogP contribution is 2.46. The zero-order chi connectivity index (χ0) is 14.3. The van der Waals surface area contributed by atoms with E-state index in [1.54, 1.807) is 13.1 Å². The van der Waals surface area contributed by atoms with Gasteiger partial charge in [0.2, 0.25) is 0 Å². The number of amides is 2. The molecule has 2 heterocycles. The van der Waals surface area contributed by atoms with Gasteiger partial charge in [-0.3, -0.25) is 0 Å². The summed E-state index contributed by atoms with van der Waals surface area (Å²) in [6.45, 7) is 2.36. The molecule has 2 amide bonds. The number of fused-ring (bicyclic) bond motifs is 2. The first-order valence-corrected chi connectivity index (χ1v) is 7.03. The third-order valence-electron chi connectivity index (χ3n) is 4.70. The van der Waals surface area contributed by atoms with Crippen LogP contribution in [-0.4, -0.2) is 44.7 Å². The fraction of sp³-hybridized carbons (Fsp3) is 0.533. The number of nitrogens with one attached hydrogen (secondary N) is 1. The largest absolute Gasteiger partial charge is 0.373 e. The second kappa shape index (κ2) is 4.65. The summed E-state index contributed by atoms with van der Waals surface area (Å²) in [4.78, 5) is 15.7. The number of carbonyl (C=O) groups excluding carboxylic acids is 1. The van der Waals surface area contributed by atoms with E-state index in [1.807, 2.05) is 11.0 Å². The number of likely N-dealkylation sites (N-methyl/N-ethyl adjacent to an activating group) is 1. The van der Waals surface area contributed by atoms with Crippen molar-refractivity contribution in [2.75, 3.05) is 38.6 Å². The Hall–Kier alpha value is -1.78. The van der Waals surface area contributed by atoms with E-state index in [9.17, 15) is 9.18 Å². The van der Waals surface area contributed by atoms with E-state index in [0.717, 1.165) is 43.7 Å². The molecule has 0 aromatic heterocycles. The zero-order valence-corrected chi connectivity index (χ0v) is 11.9. The first kappa shape index (κ1) is 13.2.